The van der Waals surface area contributed by atoms with Crippen molar-refractivity contribution in [1.82, 2.24) is 10.6 Å². The molecule has 0 bridgehead atoms. The number of aromatic nitrogens is 1. The molecule has 0 fully saturated rings. The minimum absolute atomic E-state index is 0.219. The summed E-state index contributed by atoms with van der Waals surface area (Å²) in [7, 11) is 0. The van der Waals surface area contributed by atoms with Crippen molar-refractivity contribution in [3.05, 3.63) is 59.9 Å². The zero-order valence-corrected chi connectivity index (χ0v) is 12.1. The van der Waals surface area contributed by atoms with Gasteiger partial charge in [-0.15, -0.1) is 0 Å². The highest BCUT2D eigenvalue weighted by molar-refractivity contribution is 5.65. The van der Waals surface area contributed by atoms with E-state index in [1.807, 2.05) is 5.48 Å². The van der Waals surface area contributed by atoms with E-state index >= 15 is 0 Å². The number of allylic oxidation sites excluding steroid dienone is 3. The molecule has 1 aromatic heterocycles. The van der Waals surface area contributed by atoms with E-state index in [1.165, 1.54) is 18.3 Å². The van der Waals surface area contributed by atoms with Crippen LogP contribution < -0.4 is 10.8 Å². The van der Waals surface area contributed by atoms with Gasteiger partial charge < -0.3 is 9.84 Å². The molecule has 0 radical (unpaired) electrons. The van der Waals surface area contributed by atoms with Gasteiger partial charge in [0.15, 0.2) is 0 Å². The first-order chi connectivity index (χ1) is 10.9. The van der Waals surface area contributed by atoms with E-state index in [1.54, 1.807) is 25.1 Å². The number of nitrogens with one attached hydrogen (secondary N) is 2. The lowest BCUT2D eigenvalue weighted by Gasteiger charge is -2.08. The van der Waals surface area contributed by atoms with E-state index < -0.39 is 11.7 Å². The molecule has 5 nitrogen and oxygen atoms in total. The summed E-state index contributed by atoms with van der Waals surface area (Å²) in [5.41, 5.74) is 2.61. The Balaban J connectivity index is 2.13. The van der Waals surface area contributed by atoms with E-state index in [2.05, 4.69) is 10.5 Å². The van der Waals surface area contributed by atoms with E-state index in [4.69, 9.17) is 9.73 Å². The zero-order chi connectivity index (χ0) is 16.9. The molecule has 2 rings (SSSR count). The third-order valence-corrected chi connectivity index (χ3v) is 2.89. The summed E-state index contributed by atoms with van der Waals surface area (Å²) >= 11 is 0. The lowest BCUT2D eigenvalue weighted by Crippen LogP contribution is -2.05. The molecule has 0 amide bonds. The fourth-order valence-corrected chi connectivity index (χ4v) is 1.76. The molecule has 3 N–H and O–H groups in total. The first-order valence-electron chi connectivity index (χ1n) is 6.54. The predicted molar refractivity (Wildman–Crippen MR) is 78.9 cm³/mol. The largest absolute Gasteiger partial charge is 0.416 e. The number of nitrogens with zero attached hydrogens (tertiary/aromatic N) is 1. The number of rotatable bonds is 5. The monoisotopic (exact) mass is 325 g/mol. The molecule has 122 valence electrons. The number of alkyl halides is 3. The molecule has 1 aromatic carbocycles. The molecular formula is C15H14F3N3O2. The molecule has 0 saturated carbocycles. The van der Waals surface area contributed by atoms with Crippen LogP contribution in [-0.4, -0.2) is 10.4 Å². The minimum atomic E-state index is -4.41. The van der Waals surface area contributed by atoms with Crippen molar-refractivity contribution in [1.29, 1.82) is 0 Å². The van der Waals surface area contributed by atoms with Gasteiger partial charge in [-0.3, -0.25) is 10.7 Å². The molecule has 0 aliphatic carbocycles. The minimum Gasteiger partial charge on any atom is -0.338 e. The van der Waals surface area contributed by atoms with Gasteiger partial charge in [0.05, 0.1) is 5.56 Å². The molecule has 0 unspecified atom stereocenters. The van der Waals surface area contributed by atoms with Crippen LogP contribution in [0.3, 0.4) is 0 Å². The Morgan fingerprint density at radius 2 is 2.09 bits per heavy atom. The first-order valence-corrected chi connectivity index (χ1v) is 6.54. The molecule has 23 heavy (non-hydrogen) atoms. The van der Waals surface area contributed by atoms with Crippen LogP contribution >= 0.6 is 0 Å². The fraction of sp³-hybridized carbons (Fsp3) is 0.133. The van der Waals surface area contributed by atoms with E-state index in [0.29, 0.717) is 5.69 Å². The maximum Gasteiger partial charge on any atom is 0.416 e. The zero-order valence-electron chi connectivity index (χ0n) is 12.1. The molecular weight excluding hydrogens is 311 g/mol. The molecule has 1 heterocycles. The van der Waals surface area contributed by atoms with Crippen LogP contribution in [0.25, 0.3) is 5.57 Å². The Labute approximate surface area is 130 Å². The lowest BCUT2D eigenvalue weighted by atomic mass is 10.2. The molecule has 0 saturated heterocycles. The van der Waals surface area contributed by atoms with Crippen LogP contribution in [0.15, 0.2) is 53.2 Å². The molecule has 0 aliphatic rings. The van der Waals surface area contributed by atoms with Gasteiger partial charge in [0.1, 0.15) is 5.69 Å². The standard InChI is InChI=1S/C15H14F3N3O2/c1-10(4-3-7-19-22)13-9-14(23-21-13)20-12-6-2-5-11(8-12)15(16,17)18/h2-9,19-20,22H,1H3/b7-3-,10-4+. The Hall–Kier alpha value is -2.74. The highest BCUT2D eigenvalue weighted by Crippen LogP contribution is 2.31. The van der Waals surface area contributed by atoms with Gasteiger partial charge in [-0.1, -0.05) is 17.3 Å². The molecule has 0 spiro atoms. The number of hydroxylamine groups is 1. The first kappa shape index (κ1) is 16.6. The van der Waals surface area contributed by atoms with Gasteiger partial charge in [-0.25, -0.2) is 0 Å². The Bertz CT molecular complexity index is 721. The number of hydrogen-bond donors (Lipinski definition) is 3. The average Bonchev–Trinajstić information content (AvgIpc) is 2.95. The number of benzene rings is 1. The Kier molecular flexibility index (Phi) is 5.07. The van der Waals surface area contributed by atoms with E-state index in [9.17, 15) is 13.2 Å². The normalized spacial score (nSPS) is 12.7. The van der Waals surface area contributed by atoms with E-state index in [0.717, 1.165) is 17.7 Å². The second-order valence-electron chi connectivity index (χ2n) is 4.62. The van der Waals surface area contributed by atoms with Crippen molar-refractivity contribution in [2.45, 2.75) is 13.1 Å². The molecule has 0 atom stereocenters. The summed E-state index contributed by atoms with van der Waals surface area (Å²) in [6.45, 7) is 1.77. The third kappa shape index (κ3) is 4.62. The second kappa shape index (κ2) is 7.01. The maximum absolute atomic E-state index is 12.7. The SMILES string of the molecule is C/C(=C\C=C/NO)c1cc(Nc2cccc(C(F)(F)F)c2)on1. The van der Waals surface area contributed by atoms with Crippen molar-refractivity contribution >= 4 is 17.1 Å². The van der Waals surface area contributed by atoms with Crippen molar-refractivity contribution in [3.63, 3.8) is 0 Å². The fourth-order valence-electron chi connectivity index (χ4n) is 1.76. The van der Waals surface area contributed by atoms with Crippen molar-refractivity contribution < 1.29 is 22.9 Å². The average molecular weight is 325 g/mol. The quantitative estimate of drug-likeness (QED) is 0.564. The topological polar surface area (TPSA) is 70.3 Å². The number of anilines is 2. The Morgan fingerprint density at radius 3 is 2.78 bits per heavy atom. The molecule has 8 heteroatoms. The van der Waals surface area contributed by atoms with Gasteiger partial charge in [0.25, 0.3) is 0 Å². The summed E-state index contributed by atoms with van der Waals surface area (Å²) in [5, 5.41) is 15.0. The summed E-state index contributed by atoms with van der Waals surface area (Å²) in [5.74, 6) is 0.219. The second-order valence-corrected chi connectivity index (χ2v) is 4.62. The van der Waals surface area contributed by atoms with Crippen molar-refractivity contribution in [3.8, 4) is 0 Å². The van der Waals surface area contributed by atoms with Crippen LogP contribution in [0.2, 0.25) is 0 Å². The lowest BCUT2D eigenvalue weighted by molar-refractivity contribution is -0.137. The summed E-state index contributed by atoms with van der Waals surface area (Å²) in [6.07, 6.45) is 0.140. The van der Waals surface area contributed by atoms with Crippen LogP contribution in [0.4, 0.5) is 24.7 Å². The van der Waals surface area contributed by atoms with Crippen LogP contribution in [0.5, 0.6) is 0 Å². The van der Waals surface area contributed by atoms with E-state index in [-0.39, 0.29) is 11.6 Å². The smallest absolute Gasteiger partial charge is 0.338 e. The molecule has 0 aliphatic heterocycles. The van der Waals surface area contributed by atoms with Gasteiger partial charge in [0.2, 0.25) is 5.88 Å². The van der Waals surface area contributed by atoms with Crippen LogP contribution in [-0.2, 0) is 6.18 Å². The Morgan fingerprint density at radius 1 is 1.30 bits per heavy atom. The predicted octanol–water partition coefficient (Wildman–Crippen LogP) is 4.33. The third-order valence-electron chi connectivity index (χ3n) is 2.89. The summed E-state index contributed by atoms with van der Waals surface area (Å²) in [6, 6.07) is 6.34. The maximum atomic E-state index is 12.7. The van der Waals surface area contributed by atoms with Crippen molar-refractivity contribution in [2.75, 3.05) is 5.32 Å². The van der Waals surface area contributed by atoms with Gasteiger partial charge in [0, 0.05) is 18.0 Å². The van der Waals surface area contributed by atoms with Crippen molar-refractivity contribution in [2.24, 2.45) is 0 Å². The summed E-state index contributed by atoms with van der Waals surface area (Å²) in [4.78, 5) is 0. The highest BCUT2D eigenvalue weighted by atomic mass is 19.4. The molecule has 2 aromatic rings. The van der Waals surface area contributed by atoms with Gasteiger partial charge in [-0.05, 0) is 36.8 Å². The number of hydrogen-bond acceptors (Lipinski definition) is 5. The highest BCUT2D eigenvalue weighted by Gasteiger charge is 2.30. The van der Waals surface area contributed by atoms with Crippen LogP contribution in [0, 0.1) is 0 Å². The van der Waals surface area contributed by atoms with Gasteiger partial charge >= 0.3 is 6.18 Å². The number of halogens is 3. The van der Waals surface area contributed by atoms with Gasteiger partial charge in [-0.2, -0.15) is 13.2 Å². The summed E-state index contributed by atoms with van der Waals surface area (Å²) < 4.78 is 43.0. The van der Waals surface area contributed by atoms with Crippen LogP contribution in [0.1, 0.15) is 18.2 Å².